The molecule has 0 saturated carbocycles. The quantitative estimate of drug-likeness (QED) is 0.332. The maximum Gasteiger partial charge on any atom is 0.191 e. The molecule has 160 valence electrons. The topological polar surface area (TPSA) is 58.4 Å². The third kappa shape index (κ3) is 5.69. The molecule has 6 nitrogen and oxygen atoms in total. The number of aromatic nitrogens is 3. The molecular formula is C23H29N3O3S. The van der Waals surface area contributed by atoms with Crippen LogP contribution < -0.4 is 14.2 Å². The summed E-state index contributed by atoms with van der Waals surface area (Å²) in [5.41, 5.74) is 2.49. The van der Waals surface area contributed by atoms with Crippen LogP contribution in [0.25, 0.3) is 0 Å². The first-order valence-corrected chi connectivity index (χ1v) is 11.0. The van der Waals surface area contributed by atoms with Crippen molar-refractivity contribution >= 4 is 11.8 Å². The van der Waals surface area contributed by atoms with Gasteiger partial charge in [0.15, 0.2) is 16.7 Å². The SMILES string of the molecule is COc1ccc(CCCc2nnc(SCCOc3ccccc3OC)n2C)cc1C. The van der Waals surface area contributed by atoms with E-state index in [2.05, 4.69) is 33.8 Å². The molecule has 0 N–H and O–H groups in total. The molecule has 0 amide bonds. The van der Waals surface area contributed by atoms with Crippen molar-refractivity contribution in [2.75, 3.05) is 26.6 Å². The largest absolute Gasteiger partial charge is 0.496 e. The van der Waals surface area contributed by atoms with E-state index >= 15 is 0 Å². The summed E-state index contributed by atoms with van der Waals surface area (Å²) in [4.78, 5) is 0. The fourth-order valence-corrected chi connectivity index (χ4v) is 4.00. The molecule has 1 heterocycles. The Morgan fingerprint density at radius 3 is 2.43 bits per heavy atom. The van der Waals surface area contributed by atoms with Crippen molar-refractivity contribution in [3.63, 3.8) is 0 Å². The molecule has 0 fully saturated rings. The van der Waals surface area contributed by atoms with Crippen molar-refractivity contribution in [2.45, 2.75) is 31.3 Å². The first-order chi connectivity index (χ1) is 14.6. The molecule has 0 aliphatic heterocycles. The number of benzene rings is 2. The van der Waals surface area contributed by atoms with Crippen molar-refractivity contribution in [3.8, 4) is 17.2 Å². The summed E-state index contributed by atoms with van der Waals surface area (Å²) in [5, 5.41) is 9.61. The molecule has 0 saturated heterocycles. The van der Waals surface area contributed by atoms with Gasteiger partial charge in [0.1, 0.15) is 11.6 Å². The van der Waals surface area contributed by atoms with E-state index in [-0.39, 0.29) is 0 Å². The number of aryl methyl sites for hydroxylation is 3. The van der Waals surface area contributed by atoms with E-state index in [1.807, 2.05) is 37.4 Å². The number of nitrogens with zero attached hydrogens (tertiary/aromatic N) is 3. The van der Waals surface area contributed by atoms with Crippen molar-refractivity contribution < 1.29 is 14.2 Å². The second kappa shape index (κ2) is 10.9. The minimum absolute atomic E-state index is 0.573. The molecule has 1 aromatic heterocycles. The Balaban J connectivity index is 1.44. The molecular weight excluding hydrogens is 398 g/mol. The first-order valence-electron chi connectivity index (χ1n) is 10.0. The lowest BCUT2D eigenvalue weighted by Crippen LogP contribution is -2.04. The van der Waals surface area contributed by atoms with Crippen molar-refractivity contribution in [1.29, 1.82) is 0 Å². The summed E-state index contributed by atoms with van der Waals surface area (Å²) in [6.07, 6.45) is 2.93. The van der Waals surface area contributed by atoms with Crippen molar-refractivity contribution in [3.05, 3.63) is 59.4 Å². The standard InChI is InChI=1S/C23H29N3O3S/c1-17-16-18(12-13-19(17)27-3)8-7-11-22-24-25-23(26(22)2)30-15-14-29-21-10-6-5-9-20(21)28-4/h5-6,9-10,12-13,16H,7-8,11,14-15H2,1-4H3. The number of hydrogen-bond acceptors (Lipinski definition) is 6. The molecule has 0 unspecified atom stereocenters. The normalized spacial score (nSPS) is 10.8. The van der Waals surface area contributed by atoms with Crippen molar-refractivity contribution in [2.24, 2.45) is 7.05 Å². The average molecular weight is 428 g/mol. The molecule has 0 spiro atoms. The van der Waals surface area contributed by atoms with Gasteiger partial charge in [-0.15, -0.1) is 10.2 Å². The van der Waals surface area contributed by atoms with Gasteiger partial charge in [0.2, 0.25) is 0 Å². The average Bonchev–Trinajstić information content (AvgIpc) is 3.11. The highest BCUT2D eigenvalue weighted by Crippen LogP contribution is 2.26. The molecule has 3 aromatic rings. The Bertz CT molecular complexity index is 959. The van der Waals surface area contributed by atoms with Gasteiger partial charge in [-0.1, -0.05) is 36.0 Å². The minimum Gasteiger partial charge on any atom is -0.496 e. The van der Waals surface area contributed by atoms with Gasteiger partial charge in [0, 0.05) is 19.2 Å². The van der Waals surface area contributed by atoms with Crippen LogP contribution in [-0.2, 0) is 19.9 Å². The molecule has 0 radical (unpaired) electrons. The molecule has 30 heavy (non-hydrogen) atoms. The number of ether oxygens (including phenoxy) is 3. The molecule has 0 aliphatic carbocycles. The smallest absolute Gasteiger partial charge is 0.191 e. The Morgan fingerprint density at radius 1 is 0.933 bits per heavy atom. The number of methoxy groups -OCH3 is 2. The first kappa shape index (κ1) is 22.0. The molecule has 0 aliphatic rings. The summed E-state index contributed by atoms with van der Waals surface area (Å²) < 4.78 is 18.5. The predicted molar refractivity (Wildman–Crippen MR) is 120 cm³/mol. The van der Waals surface area contributed by atoms with Gasteiger partial charge < -0.3 is 18.8 Å². The number of para-hydroxylation sites is 2. The highest BCUT2D eigenvalue weighted by Gasteiger charge is 2.10. The van der Waals surface area contributed by atoms with E-state index in [0.717, 1.165) is 53.2 Å². The van der Waals surface area contributed by atoms with Gasteiger partial charge >= 0.3 is 0 Å². The molecule has 7 heteroatoms. The van der Waals surface area contributed by atoms with Gasteiger partial charge in [0.25, 0.3) is 0 Å². The third-order valence-electron chi connectivity index (χ3n) is 4.89. The summed E-state index contributed by atoms with van der Waals surface area (Å²) in [6, 6.07) is 14.0. The predicted octanol–water partition coefficient (Wildman–Crippen LogP) is 4.49. The molecule has 2 aromatic carbocycles. The Kier molecular flexibility index (Phi) is 8.02. The zero-order chi connectivity index (χ0) is 21.3. The highest BCUT2D eigenvalue weighted by atomic mass is 32.2. The summed E-state index contributed by atoms with van der Waals surface area (Å²) in [7, 11) is 5.38. The van der Waals surface area contributed by atoms with E-state index in [1.54, 1.807) is 26.0 Å². The second-order valence-corrected chi connectivity index (χ2v) is 8.03. The van der Waals surface area contributed by atoms with Gasteiger partial charge in [-0.05, 0) is 49.1 Å². The van der Waals surface area contributed by atoms with E-state index in [4.69, 9.17) is 14.2 Å². The van der Waals surface area contributed by atoms with Crippen LogP contribution in [0.4, 0.5) is 0 Å². The van der Waals surface area contributed by atoms with E-state index in [9.17, 15) is 0 Å². The lowest BCUT2D eigenvalue weighted by molar-refractivity contribution is 0.313. The summed E-state index contributed by atoms with van der Waals surface area (Å²) in [5.74, 6) is 4.23. The maximum absolute atomic E-state index is 5.82. The molecule has 3 rings (SSSR count). The lowest BCUT2D eigenvalue weighted by Gasteiger charge is -2.10. The Hall–Kier alpha value is -2.67. The van der Waals surface area contributed by atoms with Crippen LogP contribution in [0.15, 0.2) is 47.6 Å². The van der Waals surface area contributed by atoms with Crippen LogP contribution in [0.2, 0.25) is 0 Å². The molecule has 0 atom stereocenters. The van der Waals surface area contributed by atoms with Crippen LogP contribution in [0, 0.1) is 6.92 Å². The Labute approximate surface area is 182 Å². The fourth-order valence-electron chi connectivity index (χ4n) is 3.26. The van der Waals surface area contributed by atoms with Gasteiger partial charge in [-0.25, -0.2) is 0 Å². The minimum atomic E-state index is 0.573. The monoisotopic (exact) mass is 427 g/mol. The Morgan fingerprint density at radius 2 is 1.70 bits per heavy atom. The number of hydrogen-bond donors (Lipinski definition) is 0. The summed E-state index contributed by atoms with van der Waals surface area (Å²) >= 11 is 1.65. The second-order valence-electron chi connectivity index (χ2n) is 6.96. The van der Waals surface area contributed by atoms with Crippen molar-refractivity contribution in [1.82, 2.24) is 14.8 Å². The van der Waals surface area contributed by atoms with Crippen LogP contribution in [-0.4, -0.2) is 41.3 Å². The zero-order valence-electron chi connectivity index (χ0n) is 18.1. The number of thioether (sulfide) groups is 1. The van der Waals surface area contributed by atoms with Crippen LogP contribution in [0.1, 0.15) is 23.4 Å². The van der Waals surface area contributed by atoms with Crippen LogP contribution in [0.5, 0.6) is 17.2 Å². The fraction of sp³-hybridized carbons (Fsp3) is 0.391. The van der Waals surface area contributed by atoms with E-state index < -0.39 is 0 Å². The van der Waals surface area contributed by atoms with E-state index in [1.165, 1.54) is 11.1 Å². The molecule has 0 bridgehead atoms. The zero-order valence-corrected chi connectivity index (χ0v) is 18.9. The van der Waals surface area contributed by atoms with Crippen LogP contribution in [0.3, 0.4) is 0 Å². The van der Waals surface area contributed by atoms with Gasteiger partial charge in [-0.2, -0.15) is 0 Å². The lowest BCUT2D eigenvalue weighted by atomic mass is 10.0. The van der Waals surface area contributed by atoms with E-state index in [0.29, 0.717) is 6.61 Å². The highest BCUT2D eigenvalue weighted by molar-refractivity contribution is 7.99. The maximum atomic E-state index is 5.82. The summed E-state index contributed by atoms with van der Waals surface area (Å²) in [6.45, 7) is 2.65. The van der Waals surface area contributed by atoms with Gasteiger partial charge in [-0.3, -0.25) is 0 Å². The third-order valence-corrected chi connectivity index (χ3v) is 5.88. The van der Waals surface area contributed by atoms with Gasteiger partial charge in [0.05, 0.1) is 20.8 Å². The number of rotatable bonds is 11. The van der Waals surface area contributed by atoms with Crippen LogP contribution >= 0.6 is 11.8 Å².